The molecule has 4 atom stereocenters. The molecule has 0 aliphatic heterocycles. The molecule has 2 nitrogen and oxygen atoms in total. The van der Waals surface area contributed by atoms with Gasteiger partial charge in [0.25, 0.3) is 0 Å². The third kappa shape index (κ3) is 0.970. The molecule has 0 unspecified atom stereocenters. The summed E-state index contributed by atoms with van der Waals surface area (Å²) < 4.78 is 4.82. The minimum atomic E-state index is 0.0229. The van der Waals surface area contributed by atoms with Crippen molar-refractivity contribution in [3.8, 4) is 0 Å². The first-order valence-electron chi connectivity index (χ1n) is 4.82. The van der Waals surface area contributed by atoms with Crippen LogP contribution in [0.1, 0.15) is 26.2 Å². The molecule has 2 fully saturated rings. The van der Waals surface area contributed by atoms with Gasteiger partial charge in [-0.05, 0) is 37.0 Å². The lowest BCUT2D eigenvalue weighted by atomic mass is 9.80. The van der Waals surface area contributed by atoms with Crippen molar-refractivity contribution in [2.24, 2.45) is 23.7 Å². The minimum absolute atomic E-state index is 0.0229. The van der Waals surface area contributed by atoms with Gasteiger partial charge in [-0.15, -0.1) is 0 Å². The Hall–Kier alpha value is -0.530. The lowest BCUT2D eigenvalue weighted by Crippen LogP contribution is -2.28. The monoisotopic (exact) mass is 168 g/mol. The fraction of sp³-hybridized carbons (Fsp3) is 0.900. The predicted molar refractivity (Wildman–Crippen MR) is 45.5 cm³/mol. The molecule has 0 heterocycles. The number of fused-ring (bicyclic) bond motifs is 2. The molecule has 68 valence electrons. The van der Waals surface area contributed by atoms with Crippen LogP contribution in [0.5, 0.6) is 0 Å². The third-order valence-corrected chi connectivity index (χ3v) is 3.80. The van der Waals surface area contributed by atoms with Crippen LogP contribution in [0.15, 0.2) is 0 Å². The van der Waals surface area contributed by atoms with Crippen LogP contribution in [-0.2, 0) is 9.53 Å². The Kier molecular flexibility index (Phi) is 1.85. The van der Waals surface area contributed by atoms with Gasteiger partial charge < -0.3 is 4.74 Å². The molecule has 0 N–H and O–H groups in total. The summed E-state index contributed by atoms with van der Waals surface area (Å²) in [6, 6.07) is 0. The molecule has 2 rings (SSSR count). The first kappa shape index (κ1) is 8.09. The van der Waals surface area contributed by atoms with Gasteiger partial charge >= 0.3 is 5.97 Å². The van der Waals surface area contributed by atoms with Crippen molar-refractivity contribution < 1.29 is 9.53 Å². The van der Waals surface area contributed by atoms with Crippen LogP contribution in [0, 0.1) is 23.7 Å². The molecule has 0 amide bonds. The largest absolute Gasteiger partial charge is 0.469 e. The van der Waals surface area contributed by atoms with Crippen molar-refractivity contribution in [3.63, 3.8) is 0 Å². The van der Waals surface area contributed by atoms with Crippen LogP contribution in [0.4, 0.5) is 0 Å². The fourth-order valence-electron chi connectivity index (χ4n) is 3.12. The number of hydrogen-bond acceptors (Lipinski definition) is 2. The Balaban J connectivity index is 2.12. The summed E-state index contributed by atoms with van der Waals surface area (Å²) in [4.78, 5) is 11.4. The second-order valence-corrected chi connectivity index (χ2v) is 4.24. The van der Waals surface area contributed by atoms with Crippen molar-refractivity contribution in [1.29, 1.82) is 0 Å². The molecule has 2 saturated carbocycles. The van der Waals surface area contributed by atoms with E-state index in [1.54, 1.807) is 0 Å². The van der Waals surface area contributed by atoms with Crippen LogP contribution < -0.4 is 0 Å². The number of hydrogen-bond donors (Lipinski definition) is 0. The summed E-state index contributed by atoms with van der Waals surface area (Å²) in [5.41, 5.74) is 0. The zero-order chi connectivity index (χ0) is 8.72. The summed E-state index contributed by atoms with van der Waals surface area (Å²) in [5.74, 6) is 2.25. The minimum Gasteiger partial charge on any atom is -0.469 e. The summed E-state index contributed by atoms with van der Waals surface area (Å²) >= 11 is 0. The number of methoxy groups -OCH3 is 1. The highest BCUT2D eigenvalue weighted by Gasteiger charge is 2.48. The topological polar surface area (TPSA) is 26.3 Å². The molecule has 2 bridgehead atoms. The molecule has 2 heteroatoms. The quantitative estimate of drug-likeness (QED) is 0.558. The van der Waals surface area contributed by atoms with Crippen molar-refractivity contribution in [1.82, 2.24) is 0 Å². The molecule has 0 radical (unpaired) electrons. The first-order chi connectivity index (χ1) is 5.74. The molecular formula is C10H16O2. The summed E-state index contributed by atoms with van der Waals surface area (Å²) in [6.45, 7) is 2.20. The lowest BCUT2D eigenvalue weighted by molar-refractivity contribution is -0.149. The van der Waals surface area contributed by atoms with Gasteiger partial charge in [0.05, 0.1) is 13.0 Å². The Labute approximate surface area is 73.3 Å². The molecule has 0 aromatic heterocycles. The molecule has 0 spiro atoms. The van der Waals surface area contributed by atoms with Gasteiger partial charge in [-0.25, -0.2) is 0 Å². The average Bonchev–Trinajstić information content (AvgIpc) is 2.63. The maximum absolute atomic E-state index is 11.4. The van der Waals surface area contributed by atoms with E-state index in [1.807, 2.05) is 0 Å². The van der Waals surface area contributed by atoms with Gasteiger partial charge in [-0.1, -0.05) is 6.92 Å². The second kappa shape index (κ2) is 2.75. The maximum Gasteiger partial charge on any atom is 0.309 e. The SMILES string of the molecule is COC(=O)[C@H]1[C@H]2CC[C@H](C2)[C@@H]1C. The molecule has 0 aromatic carbocycles. The number of esters is 1. The lowest BCUT2D eigenvalue weighted by Gasteiger charge is -2.25. The van der Waals surface area contributed by atoms with Crippen LogP contribution >= 0.6 is 0 Å². The third-order valence-electron chi connectivity index (χ3n) is 3.80. The summed E-state index contributed by atoms with van der Waals surface area (Å²) in [7, 11) is 1.50. The van der Waals surface area contributed by atoms with E-state index >= 15 is 0 Å². The zero-order valence-corrected chi connectivity index (χ0v) is 7.75. The molecule has 0 aromatic rings. The van der Waals surface area contributed by atoms with Crippen LogP contribution in [0.25, 0.3) is 0 Å². The number of rotatable bonds is 1. The van der Waals surface area contributed by atoms with Gasteiger partial charge in [0, 0.05) is 0 Å². The van der Waals surface area contributed by atoms with Gasteiger partial charge in [-0.2, -0.15) is 0 Å². The van der Waals surface area contributed by atoms with Crippen LogP contribution in [0.3, 0.4) is 0 Å². The molecular weight excluding hydrogens is 152 g/mol. The van der Waals surface area contributed by atoms with E-state index < -0.39 is 0 Å². The maximum atomic E-state index is 11.4. The molecule has 0 saturated heterocycles. The van der Waals surface area contributed by atoms with E-state index in [1.165, 1.54) is 26.4 Å². The zero-order valence-electron chi connectivity index (χ0n) is 7.75. The van der Waals surface area contributed by atoms with Crippen molar-refractivity contribution in [2.45, 2.75) is 26.2 Å². The Morgan fingerprint density at radius 3 is 2.50 bits per heavy atom. The highest BCUT2D eigenvalue weighted by atomic mass is 16.5. The Morgan fingerprint density at radius 1 is 1.33 bits per heavy atom. The van der Waals surface area contributed by atoms with E-state index in [2.05, 4.69) is 6.92 Å². The molecule has 2 aliphatic rings. The Bertz CT molecular complexity index is 198. The highest BCUT2D eigenvalue weighted by molar-refractivity contribution is 5.73. The predicted octanol–water partition coefficient (Wildman–Crippen LogP) is 1.84. The normalized spacial score (nSPS) is 44.8. The number of carbonyl (C=O) groups excluding carboxylic acids is 1. The van der Waals surface area contributed by atoms with Crippen LogP contribution in [0.2, 0.25) is 0 Å². The number of ether oxygens (including phenoxy) is 1. The highest BCUT2D eigenvalue weighted by Crippen LogP contribution is 2.52. The van der Waals surface area contributed by atoms with Gasteiger partial charge in [0.15, 0.2) is 0 Å². The van der Waals surface area contributed by atoms with Crippen molar-refractivity contribution in [2.75, 3.05) is 7.11 Å². The summed E-state index contributed by atoms with van der Waals surface area (Å²) in [6.07, 6.45) is 3.84. The average molecular weight is 168 g/mol. The smallest absolute Gasteiger partial charge is 0.309 e. The second-order valence-electron chi connectivity index (χ2n) is 4.24. The van der Waals surface area contributed by atoms with Gasteiger partial charge in [0.1, 0.15) is 0 Å². The van der Waals surface area contributed by atoms with Gasteiger partial charge in [-0.3, -0.25) is 4.79 Å². The van der Waals surface area contributed by atoms with E-state index in [0.29, 0.717) is 11.8 Å². The first-order valence-corrected chi connectivity index (χ1v) is 4.82. The van der Waals surface area contributed by atoms with E-state index in [9.17, 15) is 4.79 Å². The molecule has 12 heavy (non-hydrogen) atoms. The standard InChI is InChI=1S/C10H16O2/c1-6-7-3-4-8(5-7)9(6)10(11)12-2/h6-9H,3-5H2,1-2H3/t6-,7+,8-,9+/m0/s1. The molecule has 2 aliphatic carbocycles. The van der Waals surface area contributed by atoms with Crippen LogP contribution in [-0.4, -0.2) is 13.1 Å². The fourth-order valence-corrected chi connectivity index (χ4v) is 3.12. The van der Waals surface area contributed by atoms with E-state index in [4.69, 9.17) is 4.74 Å². The van der Waals surface area contributed by atoms with Crippen molar-refractivity contribution >= 4 is 5.97 Å². The van der Waals surface area contributed by atoms with E-state index in [-0.39, 0.29) is 11.9 Å². The summed E-state index contributed by atoms with van der Waals surface area (Å²) in [5, 5.41) is 0. The van der Waals surface area contributed by atoms with Gasteiger partial charge in [0.2, 0.25) is 0 Å². The van der Waals surface area contributed by atoms with Crippen molar-refractivity contribution in [3.05, 3.63) is 0 Å². The Morgan fingerprint density at radius 2 is 2.00 bits per heavy atom. The van der Waals surface area contributed by atoms with E-state index in [0.717, 1.165) is 5.92 Å². The number of carbonyl (C=O) groups is 1.